The summed E-state index contributed by atoms with van der Waals surface area (Å²) in [5.41, 5.74) is 4.07. The highest BCUT2D eigenvalue weighted by atomic mass is 19.4. The molecule has 0 unspecified atom stereocenters. The van der Waals surface area contributed by atoms with Crippen LogP contribution in [-0.4, -0.2) is 61.0 Å². The van der Waals surface area contributed by atoms with Crippen LogP contribution < -0.4 is 16.0 Å². The summed E-state index contributed by atoms with van der Waals surface area (Å²) >= 11 is 0. The van der Waals surface area contributed by atoms with E-state index in [0.29, 0.717) is 12.5 Å². The van der Waals surface area contributed by atoms with Crippen molar-refractivity contribution < 1.29 is 32.3 Å². The second-order valence-corrected chi connectivity index (χ2v) is 8.85. The molecule has 2 aliphatic carbocycles. The fraction of sp³-hybridized carbons (Fsp3) is 0.591. The molecule has 1 aliphatic heterocycles. The van der Waals surface area contributed by atoms with Crippen LogP contribution in [0.5, 0.6) is 0 Å². The molecule has 3 N–H and O–H groups in total. The first-order valence-electron chi connectivity index (χ1n) is 11.1. The van der Waals surface area contributed by atoms with Gasteiger partial charge in [0.25, 0.3) is 11.8 Å². The second-order valence-electron chi connectivity index (χ2n) is 8.85. The maximum absolute atomic E-state index is 13.8. The van der Waals surface area contributed by atoms with Crippen LogP contribution in [0, 0.1) is 5.92 Å². The lowest BCUT2D eigenvalue weighted by atomic mass is 9.84. The Kier molecular flexibility index (Phi) is 6.62. The molecule has 1 aromatic rings. The average Bonchev–Trinajstić information content (AvgIpc) is 3.54. The number of benzene rings is 1. The number of carbonyl (C=O) groups excluding carboxylic acids is 3. The highest BCUT2D eigenvalue weighted by Crippen LogP contribution is 2.39. The molecule has 3 aliphatic rings. The molecule has 0 bridgehead atoms. The maximum atomic E-state index is 13.8. The largest absolute Gasteiger partial charge is 0.418 e. The van der Waals surface area contributed by atoms with Gasteiger partial charge < -0.3 is 20.7 Å². The van der Waals surface area contributed by atoms with Crippen molar-refractivity contribution in [2.45, 2.75) is 50.4 Å². The Hall–Kier alpha value is -2.66. The van der Waals surface area contributed by atoms with Gasteiger partial charge in [-0.3, -0.25) is 19.3 Å². The smallest absolute Gasteiger partial charge is 0.370 e. The number of morpholine rings is 1. The standard InChI is InChI=1S/C22H27F3N4O4/c23-22(24,25)16-10-14(4-7-17(16)28-8-9-33-12-18(28)30)27-21(32)19(20(26)31)29(15-5-6-15)11-13-2-1-3-13/h4,7,10,13,15,19H,1-3,5-6,8-9,11-12H2,(H2,26,31)(H,27,32)/t19-/m1/s1. The van der Waals surface area contributed by atoms with Crippen LogP contribution in [0.25, 0.3) is 0 Å². The normalized spacial score (nSPS) is 20.5. The third-order valence-corrected chi connectivity index (χ3v) is 6.41. The fourth-order valence-electron chi connectivity index (χ4n) is 4.35. The van der Waals surface area contributed by atoms with Gasteiger partial charge in [0.2, 0.25) is 5.91 Å². The van der Waals surface area contributed by atoms with E-state index in [2.05, 4.69) is 5.32 Å². The number of hydrogen-bond acceptors (Lipinski definition) is 5. The van der Waals surface area contributed by atoms with Gasteiger partial charge in [0.1, 0.15) is 6.61 Å². The summed E-state index contributed by atoms with van der Waals surface area (Å²) < 4.78 is 46.4. The summed E-state index contributed by atoms with van der Waals surface area (Å²) in [7, 11) is 0. The number of rotatable bonds is 8. The summed E-state index contributed by atoms with van der Waals surface area (Å²) in [4.78, 5) is 40.1. The van der Waals surface area contributed by atoms with Crippen LogP contribution in [0.2, 0.25) is 0 Å². The number of primary amides is 1. The van der Waals surface area contributed by atoms with Crippen LogP contribution in [0.4, 0.5) is 24.5 Å². The predicted octanol–water partition coefficient (Wildman–Crippen LogP) is 2.13. The number of halogens is 3. The van der Waals surface area contributed by atoms with E-state index in [9.17, 15) is 27.6 Å². The Morgan fingerprint density at radius 3 is 2.52 bits per heavy atom. The molecular weight excluding hydrogens is 441 g/mol. The van der Waals surface area contributed by atoms with Crippen LogP contribution in [0.15, 0.2) is 18.2 Å². The third kappa shape index (κ3) is 5.30. The number of anilines is 2. The second kappa shape index (κ2) is 9.30. The first-order valence-corrected chi connectivity index (χ1v) is 11.1. The monoisotopic (exact) mass is 468 g/mol. The van der Waals surface area contributed by atoms with Crippen molar-refractivity contribution in [2.24, 2.45) is 11.7 Å². The van der Waals surface area contributed by atoms with E-state index in [1.165, 1.54) is 6.07 Å². The van der Waals surface area contributed by atoms with Crippen molar-refractivity contribution in [3.8, 4) is 0 Å². The highest BCUT2D eigenvalue weighted by molar-refractivity contribution is 6.09. The lowest BCUT2D eigenvalue weighted by molar-refractivity contribution is -0.138. The minimum absolute atomic E-state index is 0.00508. The quantitative estimate of drug-likeness (QED) is 0.569. The van der Waals surface area contributed by atoms with Gasteiger partial charge in [-0.25, -0.2) is 0 Å². The van der Waals surface area contributed by atoms with Gasteiger partial charge in [0, 0.05) is 24.8 Å². The van der Waals surface area contributed by atoms with Crippen LogP contribution in [-0.2, 0) is 25.3 Å². The van der Waals surface area contributed by atoms with Crippen LogP contribution in [0.1, 0.15) is 37.7 Å². The van der Waals surface area contributed by atoms with Gasteiger partial charge in [0.15, 0.2) is 6.04 Å². The van der Waals surface area contributed by atoms with E-state index in [4.69, 9.17) is 10.5 Å². The first-order chi connectivity index (χ1) is 15.6. The molecule has 1 heterocycles. The van der Waals surface area contributed by atoms with Gasteiger partial charge in [0.05, 0.1) is 17.9 Å². The Bertz CT molecular complexity index is 931. The Labute approximate surface area is 189 Å². The van der Waals surface area contributed by atoms with Crippen molar-refractivity contribution in [3.05, 3.63) is 23.8 Å². The van der Waals surface area contributed by atoms with Crippen molar-refractivity contribution in [2.75, 3.05) is 36.5 Å². The Balaban J connectivity index is 1.57. The first kappa shape index (κ1) is 23.5. The van der Waals surface area contributed by atoms with Crippen molar-refractivity contribution >= 4 is 29.1 Å². The molecule has 3 amide bonds. The van der Waals surface area contributed by atoms with E-state index in [1.807, 2.05) is 0 Å². The molecule has 2 saturated carbocycles. The molecule has 3 fully saturated rings. The molecule has 1 atom stereocenters. The maximum Gasteiger partial charge on any atom is 0.418 e. The fourth-order valence-corrected chi connectivity index (χ4v) is 4.35. The number of ether oxygens (including phenoxy) is 1. The molecule has 33 heavy (non-hydrogen) atoms. The van der Waals surface area contributed by atoms with E-state index >= 15 is 0 Å². The van der Waals surface area contributed by atoms with Gasteiger partial charge in [-0.05, 0) is 49.8 Å². The van der Waals surface area contributed by atoms with Gasteiger partial charge in [-0.15, -0.1) is 0 Å². The number of alkyl halides is 3. The number of carbonyl (C=O) groups is 3. The van der Waals surface area contributed by atoms with E-state index in [-0.39, 0.29) is 37.2 Å². The zero-order valence-corrected chi connectivity index (χ0v) is 18.1. The number of amides is 3. The third-order valence-electron chi connectivity index (χ3n) is 6.41. The Morgan fingerprint density at radius 1 is 1.24 bits per heavy atom. The SMILES string of the molecule is NC(=O)[C@H](C(=O)Nc1ccc(N2CCOCC2=O)c(C(F)(F)F)c1)N(CC1CCC1)C1CC1. The molecular formula is C22H27F3N4O4. The molecule has 180 valence electrons. The minimum atomic E-state index is -4.76. The van der Waals surface area contributed by atoms with E-state index in [0.717, 1.165) is 49.1 Å². The van der Waals surface area contributed by atoms with E-state index < -0.39 is 35.5 Å². The molecule has 1 aromatic carbocycles. The number of nitrogens with zero attached hydrogens (tertiary/aromatic N) is 2. The molecule has 0 radical (unpaired) electrons. The summed E-state index contributed by atoms with van der Waals surface area (Å²) in [5, 5.41) is 2.44. The van der Waals surface area contributed by atoms with Gasteiger partial charge in [-0.1, -0.05) is 6.42 Å². The van der Waals surface area contributed by atoms with Gasteiger partial charge in [-0.2, -0.15) is 13.2 Å². The highest BCUT2D eigenvalue weighted by Gasteiger charge is 2.42. The van der Waals surface area contributed by atoms with Crippen molar-refractivity contribution in [1.82, 2.24) is 4.90 Å². The summed E-state index contributed by atoms with van der Waals surface area (Å²) in [6.07, 6.45) is 0.0887. The number of nitrogens with two attached hydrogens (primary N) is 1. The summed E-state index contributed by atoms with van der Waals surface area (Å²) in [6.45, 7) is 0.389. The molecule has 11 heteroatoms. The average molecular weight is 468 g/mol. The molecule has 0 spiro atoms. The van der Waals surface area contributed by atoms with Crippen LogP contribution in [0.3, 0.4) is 0 Å². The zero-order chi connectivity index (χ0) is 23.8. The molecule has 8 nitrogen and oxygen atoms in total. The number of nitrogens with one attached hydrogen (secondary N) is 1. The lowest BCUT2D eigenvalue weighted by Gasteiger charge is -2.35. The molecule has 1 saturated heterocycles. The molecule has 4 rings (SSSR count). The van der Waals surface area contributed by atoms with Crippen LogP contribution >= 0.6 is 0 Å². The van der Waals surface area contributed by atoms with E-state index in [1.54, 1.807) is 4.90 Å². The minimum Gasteiger partial charge on any atom is -0.370 e. The summed E-state index contributed by atoms with van der Waals surface area (Å²) in [5.74, 6) is -1.77. The van der Waals surface area contributed by atoms with Crippen molar-refractivity contribution in [3.63, 3.8) is 0 Å². The zero-order valence-electron chi connectivity index (χ0n) is 18.1. The predicted molar refractivity (Wildman–Crippen MR) is 113 cm³/mol. The Morgan fingerprint density at radius 2 is 1.97 bits per heavy atom. The van der Waals surface area contributed by atoms with Crippen molar-refractivity contribution in [1.29, 1.82) is 0 Å². The number of hydrogen-bond donors (Lipinski definition) is 2. The topological polar surface area (TPSA) is 105 Å². The molecule has 0 aromatic heterocycles. The summed E-state index contributed by atoms with van der Waals surface area (Å²) in [6, 6.07) is 2.04. The van der Waals surface area contributed by atoms with Gasteiger partial charge >= 0.3 is 6.18 Å². The lowest BCUT2D eigenvalue weighted by Crippen LogP contribution is -2.54.